The van der Waals surface area contributed by atoms with Gasteiger partial charge in [0.15, 0.2) is 22.3 Å². The fourth-order valence-electron chi connectivity index (χ4n) is 9.03. The van der Waals surface area contributed by atoms with Crippen LogP contribution in [0, 0.1) is 6.92 Å². The van der Waals surface area contributed by atoms with E-state index in [1.165, 1.54) is 51.0 Å². The number of anilines is 2. The number of imidazole rings is 2. The summed E-state index contributed by atoms with van der Waals surface area (Å²) in [5.41, 5.74) is 3.38. The number of sulfonamides is 1. The second kappa shape index (κ2) is 19.9. The van der Waals surface area contributed by atoms with E-state index in [1.807, 2.05) is 25.3 Å². The van der Waals surface area contributed by atoms with Crippen molar-refractivity contribution in [3.8, 4) is 0 Å². The molecule has 4 aromatic heterocycles. The molecule has 64 heavy (non-hydrogen) atoms. The average molecular weight is 963 g/mol. The summed E-state index contributed by atoms with van der Waals surface area (Å²) >= 11 is 3.29. The average Bonchev–Trinajstić information content (AvgIpc) is 3.79. The van der Waals surface area contributed by atoms with Gasteiger partial charge in [-0.1, -0.05) is 74.4 Å². The Morgan fingerprint density at radius 2 is 1.02 bits per heavy atom. The van der Waals surface area contributed by atoms with Crippen LogP contribution in [-0.2, 0) is 49.3 Å². The SMILES string of the molecule is CCn1c(=O)c2c(nc(NC3CCCCC3)n2Cc2ccc(C)cc2)n(CC)c1=O.CCn1c(=O)c2c(nc(NC3CCCCC3)n2Cc2ccc(S(N)(=O)=O)c(Br)c2)n(CC)c1=O. The first-order valence-corrected chi connectivity index (χ1v) is 24.9. The highest BCUT2D eigenvalue weighted by Crippen LogP contribution is 2.28. The molecule has 0 atom stereocenters. The maximum Gasteiger partial charge on any atom is 0.332 e. The fraction of sp³-hybridized carbons (Fsp3) is 0.511. The maximum atomic E-state index is 13.4. The monoisotopic (exact) mass is 961 g/mol. The number of primary sulfonamides is 1. The first kappa shape index (κ1) is 46.7. The normalized spacial score (nSPS) is 15.1. The predicted octanol–water partition coefficient (Wildman–Crippen LogP) is 6.10. The minimum absolute atomic E-state index is 0.0135. The maximum absolute atomic E-state index is 13.4. The number of halogens is 1. The van der Waals surface area contributed by atoms with Crippen molar-refractivity contribution < 1.29 is 8.42 Å². The Bertz CT molecular complexity index is 3010. The summed E-state index contributed by atoms with van der Waals surface area (Å²) < 4.78 is 33.3. The van der Waals surface area contributed by atoms with Crippen molar-refractivity contribution in [1.29, 1.82) is 0 Å². The van der Waals surface area contributed by atoms with Gasteiger partial charge in [-0.25, -0.2) is 23.1 Å². The Labute approximate surface area is 380 Å². The van der Waals surface area contributed by atoms with Gasteiger partial charge in [0.25, 0.3) is 11.1 Å². The number of aryl methyl sites for hydroxylation is 3. The van der Waals surface area contributed by atoms with E-state index in [0.717, 1.165) is 49.7 Å². The summed E-state index contributed by atoms with van der Waals surface area (Å²) in [6, 6.07) is 13.7. The van der Waals surface area contributed by atoms with Gasteiger partial charge in [-0.3, -0.25) is 37.0 Å². The highest BCUT2D eigenvalue weighted by molar-refractivity contribution is 9.10. The van der Waals surface area contributed by atoms with Crippen molar-refractivity contribution in [1.82, 2.24) is 37.4 Å². The van der Waals surface area contributed by atoms with Crippen LogP contribution in [0.4, 0.5) is 11.9 Å². The summed E-state index contributed by atoms with van der Waals surface area (Å²) in [6.45, 7) is 11.7. The van der Waals surface area contributed by atoms with E-state index in [4.69, 9.17) is 15.1 Å². The van der Waals surface area contributed by atoms with E-state index in [1.54, 1.807) is 28.2 Å². The smallest absolute Gasteiger partial charge is 0.332 e. The Kier molecular flexibility index (Phi) is 14.5. The van der Waals surface area contributed by atoms with Crippen molar-refractivity contribution in [3.63, 3.8) is 0 Å². The first-order valence-electron chi connectivity index (χ1n) is 22.6. The molecule has 2 aromatic carbocycles. The zero-order valence-electron chi connectivity index (χ0n) is 37.4. The highest BCUT2D eigenvalue weighted by atomic mass is 79.9. The number of rotatable bonds is 13. The second-order valence-corrected chi connectivity index (χ2v) is 19.2. The molecule has 2 fully saturated rings. The lowest BCUT2D eigenvalue weighted by Crippen LogP contribution is -2.40. The molecule has 8 rings (SSSR count). The minimum atomic E-state index is -3.87. The molecule has 2 saturated carbocycles. The molecule has 344 valence electrons. The molecule has 4 heterocycles. The van der Waals surface area contributed by atoms with E-state index in [-0.39, 0.29) is 41.0 Å². The summed E-state index contributed by atoms with van der Waals surface area (Å²) in [7, 11) is -3.87. The topological polar surface area (TPSA) is 208 Å². The largest absolute Gasteiger partial charge is 0.353 e. The van der Waals surface area contributed by atoms with Crippen molar-refractivity contribution in [2.75, 3.05) is 10.6 Å². The molecular weight excluding hydrogens is 903 g/mol. The molecule has 6 aromatic rings. The highest BCUT2D eigenvalue weighted by Gasteiger charge is 2.26. The second-order valence-electron chi connectivity index (χ2n) is 16.8. The van der Waals surface area contributed by atoms with Gasteiger partial charge in [0.1, 0.15) is 0 Å². The molecule has 2 aliphatic carbocycles. The fourth-order valence-corrected chi connectivity index (χ4v) is 10.7. The predicted molar refractivity (Wildman–Crippen MR) is 255 cm³/mol. The summed E-state index contributed by atoms with van der Waals surface area (Å²) in [4.78, 5) is 61.9. The van der Waals surface area contributed by atoms with E-state index in [0.29, 0.717) is 70.9 Å². The van der Waals surface area contributed by atoms with Gasteiger partial charge in [-0.15, -0.1) is 0 Å². The van der Waals surface area contributed by atoms with Crippen molar-refractivity contribution in [2.24, 2.45) is 5.14 Å². The molecule has 0 spiro atoms. The number of benzene rings is 2. The van der Waals surface area contributed by atoms with Gasteiger partial charge in [0, 0.05) is 42.7 Å². The third kappa shape index (κ3) is 9.56. The minimum Gasteiger partial charge on any atom is -0.353 e. The lowest BCUT2D eigenvalue weighted by atomic mass is 9.96. The Morgan fingerprint density at radius 3 is 1.41 bits per heavy atom. The number of nitrogens with two attached hydrogens (primary N) is 1. The lowest BCUT2D eigenvalue weighted by molar-refractivity contribution is 0.459. The molecule has 0 bridgehead atoms. The van der Waals surface area contributed by atoms with E-state index >= 15 is 0 Å². The van der Waals surface area contributed by atoms with Gasteiger partial charge < -0.3 is 10.6 Å². The summed E-state index contributed by atoms with van der Waals surface area (Å²) in [6.07, 6.45) is 11.4. The van der Waals surface area contributed by atoms with Crippen LogP contribution >= 0.6 is 15.9 Å². The molecule has 19 heteroatoms. The molecule has 17 nitrogen and oxygen atoms in total. The number of fused-ring (bicyclic) bond motifs is 2. The first-order chi connectivity index (χ1) is 30.7. The van der Waals surface area contributed by atoms with Crippen LogP contribution in [0.1, 0.15) is 109 Å². The number of hydrogen-bond acceptors (Lipinski definition) is 10. The quantitative estimate of drug-likeness (QED) is 0.121. The van der Waals surface area contributed by atoms with E-state index in [2.05, 4.69) is 57.8 Å². The zero-order valence-corrected chi connectivity index (χ0v) is 39.8. The van der Waals surface area contributed by atoms with Crippen molar-refractivity contribution in [2.45, 2.75) is 155 Å². The standard InChI is InChI=1S/C23H31N5O2.C22H29BrN6O4S/c1-4-26-20-19(21(29)27(5-2)23(26)30)28(15-17-13-11-16(3)12-14-17)22(25-20)24-18-9-7-6-8-10-18;1-3-27-19-18(20(30)28(4-2)22(27)31)29(21(26-19)25-15-8-6-5-7-9-15)13-14-10-11-17(16(23)12-14)34(24,32)33/h11-14,18H,4-10,15H2,1-3H3,(H,24,25);10-12,15H,3-9,13H2,1-2H3,(H,25,26)(H2,24,32,33). The van der Waals surface area contributed by atoms with Crippen LogP contribution < -0.4 is 38.3 Å². The molecule has 0 amide bonds. The summed E-state index contributed by atoms with van der Waals surface area (Å²) in [5, 5.41) is 12.4. The van der Waals surface area contributed by atoms with Crippen LogP contribution in [-0.4, -0.2) is 57.9 Å². The number of hydrogen-bond donors (Lipinski definition) is 3. The van der Waals surface area contributed by atoms with Crippen molar-refractivity contribution >= 4 is 60.2 Å². The molecule has 0 radical (unpaired) electrons. The Balaban J connectivity index is 0.000000193. The van der Waals surface area contributed by atoms with Gasteiger partial charge >= 0.3 is 11.4 Å². The summed E-state index contributed by atoms with van der Waals surface area (Å²) in [5.74, 6) is 1.21. The van der Waals surface area contributed by atoms with Crippen LogP contribution in [0.2, 0.25) is 0 Å². The van der Waals surface area contributed by atoms with E-state index in [9.17, 15) is 27.6 Å². The van der Waals surface area contributed by atoms with Crippen LogP contribution in [0.5, 0.6) is 0 Å². The Hall–Kier alpha value is -5.27. The van der Waals surface area contributed by atoms with Gasteiger partial charge in [0.2, 0.25) is 21.9 Å². The van der Waals surface area contributed by atoms with E-state index < -0.39 is 15.6 Å². The van der Waals surface area contributed by atoms with Crippen LogP contribution in [0.25, 0.3) is 22.3 Å². The lowest BCUT2D eigenvalue weighted by Gasteiger charge is -2.23. The van der Waals surface area contributed by atoms with Crippen LogP contribution in [0.3, 0.4) is 0 Å². The zero-order chi connectivity index (χ0) is 45.9. The third-order valence-corrected chi connectivity index (χ3v) is 14.4. The van der Waals surface area contributed by atoms with Crippen molar-refractivity contribution in [3.05, 3.63) is 105 Å². The number of aromatic nitrogens is 8. The van der Waals surface area contributed by atoms with Gasteiger partial charge in [-0.2, -0.15) is 9.97 Å². The molecule has 4 N–H and O–H groups in total. The number of nitrogens with one attached hydrogen (secondary N) is 2. The van der Waals surface area contributed by atoms with Gasteiger partial charge in [-0.05, 0) is 99.5 Å². The molecular formula is C45H60BrN11O6S. The van der Waals surface area contributed by atoms with Crippen LogP contribution in [0.15, 0.2) is 71.0 Å². The van der Waals surface area contributed by atoms with Gasteiger partial charge in [0.05, 0.1) is 18.0 Å². The third-order valence-electron chi connectivity index (χ3n) is 12.5. The molecule has 0 unspecified atom stereocenters. The number of nitrogens with zero attached hydrogens (tertiary/aromatic N) is 8. The molecule has 2 aliphatic rings. The molecule has 0 aliphatic heterocycles. The Morgan fingerprint density at radius 1 is 0.609 bits per heavy atom. The molecule has 0 saturated heterocycles.